The molecule has 5 rings (SSSR count). The zero-order valence-corrected chi connectivity index (χ0v) is 10.4. The molecular formula is C15H22. The Morgan fingerprint density at radius 3 is 2.47 bits per heavy atom. The fraction of sp³-hybridized carbons (Fsp3) is 0.867. The van der Waals surface area contributed by atoms with E-state index in [2.05, 4.69) is 39.8 Å². The smallest absolute Gasteiger partial charge is 0.00343 e. The van der Waals surface area contributed by atoms with Gasteiger partial charge in [0, 0.05) is 5.41 Å². The van der Waals surface area contributed by atoms with Crippen LogP contribution in [0.1, 0.15) is 47.0 Å². The van der Waals surface area contributed by atoms with Gasteiger partial charge in [-0.2, -0.15) is 0 Å². The molecule has 2 spiro atoms. The predicted octanol–water partition coefficient (Wildman–Crippen LogP) is 4.02. The summed E-state index contributed by atoms with van der Waals surface area (Å²) in [4.78, 5) is 0. The van der Waals surface area contributed by atoms with E-state index >= 15 is 0 Å². The zero-order valence-electron chi connectivity index (χ0n) is 10.4. The Balaban J connectivity index is 2.00. The van der Waals surface area contributed by atoms with Crippen LogP contribution in [0.15, 0.2) is 12.2 Å². The van der Waals surface area contributed by atoms with Gasteiger partial charge in [-0.3, -0.25) is 0 Å². The van der Waals surface area contributed by atoms with Crippen molar-refractivity contribution in [2.75, 3.05) is 0 Å². The summed E-state index contributed by atoms with van der Waals surface area (Å²) in [6, 6.07) is 0. The van der Waals surface area contributed by atoms with Crippen LogP contribution < -0.4 is 0 Å². The molecule has 0 aromatic carbocycles. The van der Waals surface area contributed by atoms with Crippen LogP contribution in [0.3, 0.4) is 0 Å². The molecule has 4 bridgehead atoms. The van der Waals surface area contributed by atoms with Crippen molar-refractivity contribution in [1.29, 1.82) is 0 Å². The van der Waals surface area contributed by atoms with Crippen molar-refractivity contribution in [2.24, 2.45) is 33.5 Å². The number of hydrogen-bond donors (Lipinski definition) is 0. The second-order valence-electron chi connectivity index (χ2n) is 7.74. The van der Waals surface area contributed by atoms with Crippen molar-refractivity contribution in [3.05, 3.63) is 12.2 Å². The quantitative estimate of drug-likeness (QED) is 0.520. The fourth-order valence-electron chi connectivity index (χ4n) is 6.52. The van der Waals surface area contributed by atoms with Crippen LogP contribution in [0.25, 0.3) is 0 Å². The molecule has 0 N–H and O–H groups in total. The van der Waals surface area contributed by atoms with Crippen molar-refractivity contribution >= 4 is 0 Å². The minimum absolute atomic E-state index is 0.564. The first-order chi connectivity index (χ1) is 6.90. The molecule has 0 heteroatoms. The lowest BCUT2D eigenvalue weighted by Gasteiger charge is -2.40. The lowest BCUT2D eigenvalue weighted by atomic mass is 9.64. The summed E-state index contributed by atoms with van der Waals surface area (Å²) in [6.07, 6.45) is 9.50. The average molecular weight is 202 g/mol. The molecule has 0 saturated heterocycles. The summed E-state index contributed by atoms with van der Waals surface area (Å²) in [5, 5.41) is 0. The largest absolute Gasteiger partial charge is 0.0874 e. The van der Waals surface area contributed by atoms with E-state index in [0.717, 1.165) is 11.8 Å². The van der Waals surface area contributed by atoms with Gasteiger partial charge in [-0.1, -0.05) is 39.8 Å². The van der Waals surface area contributed by atoms with Gasteiger partial charge in [0.2, 0.25) is 0 Å². The Bertz CT molecular complexity index is 387. The Morgan fingerprint density at radius 1 is 1.13 bits per heavy atom. The van der Waals surface area contributed by atoms with Crippen LogP contribution in [0, 0.1) is 33.5 Å². The normalized spacial score (nSPS) is 60.5. The van der Waals surface area contributed by atoms with E-state index in [9.17, 15) is 0 Å². The SMILES string of the molecule is CC1(C)CC=C[C@]23[C@@H]4C[C@H](C[C@]412)C3(C)C. The maximum Gasteiger partial charge on any atom is 0.00343 e. The first-order valence-corrected chi connectivity index (χ1v) is 6.58. The third-order valence-corrected chi connectivity index (χ3v) is 7.19. The van der Waals surface area contributed by atoms with Crippen LogP contribution in [-0.2, 0) is 0 Å². The number of hydrogen-bond acceptors (Lipinski definition) is 0. The highest BCUT2D eigenvalue weighted by Crippen LogP contribution is 2.98. The van der Waals surface area contributed by atoms with Crippen LogP contribution in [-0.4, -0.2) is 0 Å². The maximum absolute atomic E-state index is 2.63. The van der Waals surface area contributed by atoms with Crippen molar-refractivity contribution in [3.8, 4) is 0 Å². The second-order valence-corrected chi connectivity index (χ2v) is 7.74. The number of rotatable bonds is 0. The standard InChI is InChI=1S/C15H22/c1-12(2)6-5-7-14-11-8-10(13(14,3)4)9-15(11,12)14/h5,7,10-11H,6,8-9H2,1-4H3/t10-,11+,14-,15+/m1/s1. The second kappa shape index (κ2) is 1.85. The van der Waals surface area contributed by atoms with Gasteiger partial charge < -0.3 is 0 Å². The predicted molar refractivity (Wildman–Crippen MR) is 62.4 cm³/mol. The monoisotopic (exact) mass is 202 g/mol. The van der Waals surface area contributed by atoms with E-state index in [4.69, 9.17) is 0 Å². The Kier molecular flexibility index (Phi) is 1.09. The molecule has 4 atom stereocenters. The molecule has 0 amide bonds. The van der Waals surface area contributed by atoms with Gasteiger partial charge in [0.1, 0.15) is 0 Å². The minimum Gasteiger partial charge on any atom is -0.0874 e. The van der Waals surface area contributed by atoms with Crippen LogP contribution >= 0.6 is 0 Å². The molecule has 0 unspecified atom stereocenters. The molecule has 5 aliphatic carbocycles. The lowest BCUT2D eigenvalue weighted by molar-refractivity contribution is 0.126. The summed E-state index contributed by atoms with van der Waals surface area (Å²) >= 11 is 0. The van der Waals surface area contributed by atoms with E-state index in [-0.39, 0.29) is 0 Å². The molecular weight excluding hydrogens is 180 g/mol. The van der Waals surface area contributed by atoms with E-state index in [1.165, 1.54) is 19.3 Å². The topological polar surface area (TPSA) is 0 Å². The fourth-order valence-corrected chi connectivity index (χ4v) is 6.52. The van der Waals surface area contributed by atoms with Gasteiger partial charge in [-0.15, -0.1) is 0 Å². The van der Waals surface area contributed by atoms with E-state index in [0.29, 0.717) is 21.7 Å². The summed E-state index contributed by atoms with van der Waals surface area (Å²) in [5.74, 6) is 2.06. The summed E-state index contributed by atoms with van der Waals surface area (Å²) in [5.41, 5.74) is 2.48. The van der Waals surface area contributed by atoms with Crippen molar-refractivity contribution in [1.82, 2.24) is 0 Å². The Hall–Kier alpha value is -0.260. The van der Waals surface area contributed by atoms with Gasteiger partial charge >= 0.3 is 0 Å². The van der Waals surface area contributed by atoms with E-state index < -0.39 is 0 Å². The average Bonchev–Trinajstić information content (AvgIpc) is 2.40. The minimum atomic E-state index is 0.564. The molecule has 4 fully saturated rings. The third-order valence-electron chi connectivity index (χ3n) is 7.19. The zero-order chi connectivity index (χ0) is 10.7. The maximum atomic E-state index is 2.63. The van der Waals surface area contributed by atoms with Crippen molar-refractivity contribution in [3.63, 3.8) is 0 Å². The van der Waals surface area contributed by atoms with Gasteiger partial charge in [-0.25, -0.2) is 0 Å². The summed E-state index contributed by atoms with van der Waals surface area (Å²) in [6.45, 7) is 10.1. The van der Waals surface area contributed by atoms with Gasteiger partial charge in [0.25, 0.3) is 0 Å². The molecule has 0 aromatic heterocycles. The van der Waals surface area contributed by atoms with Gasteiger partial charge in [0.15, 0.2) is 0 Å². The third kappa shape index (κ3) is 0.531. The Morgan fingerprint density at radius 2 is 1.87 bits per heavy atom. The number of allylic oxidation sites excluding steroid dienone is 2. The van der Waals surface area contributed by atoms with Crippen LogP contribution in [0.4, 0.5) is 0 Å². The highest BCUT2D eigenvalue weighted by atomic mass is 15.0. The highest BCUT2D eigenvalue weighted by molar-refractivity contribution is 5.46. The van der Waals surface area contributed by atoms with Gasteiger partial charge in [0.05, 0.1) is 0 Å². The summed E-state index contributed by atoms with van der Waals surface area (Å²) in [7, 11) is 0. The van der Waals surface area contributed by atoms with Crippen LogP contribution in [0.2, 0.25) is 0 Å². The van der Waals surface area contributed by atoms with Crippen molar-refractivity contribution in [2.45, 2.75) is 47.0 Å². The van der Waals surface area contributed by atoms with E-state index in [1.54, 1.807) is 0 Å². The Labute approximate surface area is 93.1 Å². The first-order valence-electron chi connectivity index (χ1n) is 6.58. The molecule has 15 heavy (non-hydrogen) atoms. The van der Waals surface area contributed by atoms with Crippen molar-refractivity contribution < 1.29 is 0 Å². The highest BCUT2D eigenvalue weighted by Gasteiger charge is 2.92. The molecule has 0 aliphatic heterocycles. The van der Waals surface area contributed by atoms with E-state index in [1.807, 2.05) is 0 Å². The molecule has 0 aromatic rings. The molecule has 0 nitrogen and oxygen atoms in total. The summed E-state index contributed by atoms with van der Waals surface area (Å²) < 4.78 is 0. The molecule has 0 heterocycles. The lowest BCUT2D eigenvalue weighted by Crippen LogP contribution is -2.33. The molecule has 82 valence electrons. The molecule has 0 radical (unpaired) electrons. The molecule has 5 aliphatic rings. The first kappa shape index (κ1) is 8.84. The van der Waals surface area contributed by atoms with Gasteiger partial charge in [-0.05, 0) is 47.3 Å². The molecule has 4 saturated carbocycles. The van der Waals surface area contributed by atoms with Crippen LogP contribution in [0.5, 0.6) is 0 Å².